The predicted molar refractivity (Wildman–Crippen MR) is 293 cm³/mol. The maximum absolute atomic E-state index is 12.8. The van der Waals surface area contributed by atoms with Crippen LogP contribution in [-0.2, 0) is 28.6 Å². The lowest BCUT2D eigenvalue weighted by Gasteiger charge is -2.18. The van der Waals surface area contributed by atoms with Crippen LogP contribution >= 0.6 is 0 Å². The van der Waals surface area contributed by atoms with Gasteiger partial charge in [0.1, 0.15) is 13.2 Å². The summed E-state index contributed by atoms with van der Waals surface area (Å²) >= 11 is 0. The zero-order chi connectivity index (χ0) is 49.3. The van der Waals surface area contributed by atoms with Gasteiger partial charge in [-0.3, -0.25) is 14.4 Å². The Morgan fingerprint density at radius 1 is 0.324 bits per heavy atom. The summed E-state index contributed by atoms with van der Waals surface area (Å²) < 4.78 is 16.8. The molecule has 388 valence electrons. The van der Waals surface area contributed by atoms with Crippen molar-refractivity contribution in [3.8, 4) is 0 Å². The lowest BCUT2D eigenvalue weighted by atomic mass is 10.1. The van der Waals surface area contributed by atoms with E-state index >= 15 is 0 Å². The minimum absolute atomic E-state index is 0.0954. The van der Waals surface area contributed by atoms with Gasteiger partial charge in [-0.05, 0) is 103 Å². The van der Waals surface area contributed by atoms with Gasteiger partial charge in [0.15, 0.2) is 6.10 Å². The zero-order valence-corrected chi connectivity index (χ0v) is 44.3. The van der Waals surface area contributed by atoms with Crippen molar-refractivity contribution in [2.24, 2.45) is 0 Å². The summed E-state index contributed by atoms with van der Waals surface area (Å²) in [6, 6.07) is 0. The van der Waals surface area contributed by atoms with Gasteiger partial charge in [0.25, 0.3) is 0 Å². The van der Waals surface area contributed by atoms with Crippen LogP contribution in [0.1, 0.15) is 258 Å². The molecule has 0 bridgehead atoms. The molecule has 6 nitrogen and oxygen atoms in total. The van der Waals surface area contributed by atoms with E-state index in [1.165, 1.54) is 103 Å². The molecule has 0 aromatic rings. The molecule has 0 aromatic carbocycles. The first-order valence-electron chi connectivity index (χ1n) is 28.3. The molecule has 0 aliphatic carbocycles. The summed E-state index contributed by atoms with van der Waals surface area (Å²) in [5, 5.41) is 0. The van der Waals surface area contributed by atoms with Crippen LogP contribution in [0.2, 0.25) is 0 Å². The summed E-state index contributed by atoms with van der Waals surface area (Å²) in [6.07, 6.45) is 73.9. The van der Waals surface area contributed by atoms with Crippen molar-refractivity contribution in [1.82, 2.24) is 0 Å². The number of hydrogen-bond acceptors (Lipinski definition) is 6. The second kappa shape index (κ2) is 55.9. The quantitative estimate of drug-likeness (QED) is 0.0199. The molecule has 1 atom stereocenters. The van der Waals surface area contributed by atoms with E-state index in [1.54, 1.807) is 0 Å². The minimum Gasteiger partial charge on any atom is -0.462 e. The molecule has 0 saturated heterocycles. The Hall–Kier alpha value is -3.67. The fraction of sp³-hybridized carbons (Fsp3) is 0.694. The number of esters is 3. The fourth-order valence-electron chi connectivity index (χ4n) is 7.64. The van der Waals surface area contributed by atoms with Crippen LogP contribution in [0.4, 0.5) is 0 Å². The molecular formula is C62H104O6. The van der Waals surface area contributed by atoms with Crippen LogP contribution in [0, 0.1) is 0 Å². The third-order valence-electron chi connectivity index (χ3n) is 11.9. The molecule has 0 aromatic heterocycles. The molecule has 0 amide bonds. The van der Waals surface area contributed by atoms with Gasteiger partial charge in [-0.1, -0.05) is 234 Å². The summed E-state index contributed by atoms with van der Waals surface area (Å²) in [4.78, 5) is 38.1. The van der Waals surface area contributed by atoms with Gasteiger partial charge in [0.2, 0.25) is 0 Å². The van der Waals surface area contributed by atoms with E-state index in [4.69, 9.17) is 14.2 Å². The third-order valence-corrected chi connectivity index (χ3v) is 11.9. The first-order chi connectivity index (χ1) is 33.5. The Morgan fingerprint density at radius 2 is 0.632 bits per heavy atom. The fourth-order valence-corrected chi connectivity index (χ4v) is 7.64. The van der Waals surface area contributed by atoms with Crippen LogP contribution in [0.25, 0.3) is 0 Å². The van der Waals surface area contributed by atoms with E-state index in [0.717, 1.165) is 116 Å². The van der Waals surface area contributed by atoms with Crippen molar-refractivity contribution in [2.75, 3.05) is 13.2 Å². The second-order valence-corrected chi connectivity index (χ2v) is 18.5. The largest absolute Gasteiger partial charge is 0.462 e. The molecule has 68 heavy (non-hydrogen) atoms. The van der Waals surface area contributed by atoms with Gasteiger partial charge >= 0.3 is 17.9 Å². The maximum atomic E-state index is 12.8. The Kier molecular flexibility index (Phi) is 52.9. The number of carbonyl (C=O) groups is 3. The molecule has 0 rings (SSSR count). The van der Waals surface area contributed by atoms with Crippen molar-refractivity contribution >= 4 is 17.9 Å². The first-order valence-corrected chi connectivity index (χ1v) is 28.3. The van der Waals surface area contributed by atoms with Gasteiger partial charge in [-0.25, -0.2) is 0 Å². The molecule has 0 aliphatic rings. The Bertz CT molecular complexity index is 1360. The van der Waals surface area contributed by atoms with E-state index in [9.17, 15) is 14.4 Å². The van der Waals surface area contributed by atoms with Crippen LogP contribution in [0.5, 0.6) is 0 Å². The number of allylic oxidation sites excluding steroid dienone is 16. The van der Waals surface area contributed by atoms with Gasteiger partial charge in [0, 0.05) is 19.3 Å². The molecule has 1 unspecified atom stereocenters. The molecule has 0 aliphatic heterocycles. The molecule has 0 fully saturated rings. The SMILES string of the molecule is CC/C=C\C/C=C\C/C=C\CCCCCCCCCCCC(=O)OCC(COC(=O)CCCCC/C=C\CCCCCCCC)OC(=O)CCCCCCC\C=C/C=C\C=C/C=C\CCCCC. The molecule has 0 heterocycles. The lowest BCUT2D eigenvalue weighted by Crippen LogP contribution is -2.30. The third kappa shape index (κ3) is 53.3. The maximum Gasteiger partial charge on any atom is 0.306 e. The lowest BCUT2D eigenvalue weighted by molar-refractivity contribution is -0.167. The number of rotatable bonds is 50. The molecule has 0 N–H and O–H groups in total. The molecule has 6 heteroatoms. The Balaban J connectivity index is 4.45. The van der Waals surface area contributed by atoms with E-state index in [1.807, 2.05) is 0 Å². The van der Waals surface area contributed by atoms with Crippen molar-refractivity contribution in [2.45, 2.75) is 264 Å². The van der Waals surface area contributed by atoms with E-state index in [-0.39, 0.29) is 31.1 Å². The van der Waals surface area contributed by atoms with Crippen LogP contribution < -0.4 is 0 Å². The summed E-state index contributed by atoms with van der Waals surface area (Å²) in [5.41, 5.74) is 0. The topological polar surface area (TPSA) is 78.9 Å². The summed E-state index contributed by atoms with van der Waals surface area (Å²) in [5.74, 6) is -0.938. The molecule has 0 radical (unpaired) electrons. The highest BCUT2D eigenvalue weighted by atomic mass is 16.6. The van der Waals surface area contributed by atoms with E-state index < -0.39 is 6.10 Å². The molecular weight excluding hydrogens is 841 g/mol. The highest BCUT2D eigenvalue weighted by Crippen LogP contribution is 2.14. The zero-order valence-electron chi connectivity index (χ0n) is 44.3. The second-order valence-electron chi connectivity index (χ2n) is 18.5. The van der Waals surface area contributed by atoms with Crippen LogP contribution in [0.3, 0.4) is 0 Å². The Morgan fingerprint density at radius 3 is 1.09 bits per heavy atom. The van der Waals surface area contributed by atoms with Gasteiger partial charge < -0.3 is 14.2 Å². The highest BCUT2D eigenvalue weighted by Gasteiger charge is 2.19. The van der Waals surface area contributed by atoms with Gasteiger partial charge in [0.05, 0.1) is 0 Å². The molecule has 0 spiro atoms. The number of carbonyl (C=O) groups excluding carboxylic acids is 3. The summed E-state index contributed by atoms with van der Waals surface area (Å²) in [6.45, 7) is 6.45. The highest BCUT2D eigenvalue weighted by molar-refractivity contribution is 5.71. The monoisotopic (exact) mass is 945 g/mol. The smallest absolute Gasteiger partial charge is 0.306 e. The van der Waals surface area contributed by atoms with Crippen LogP contribution in [0.15, 0.2) is 97.2 Å². The van der Waals surface area contributed by atoms with Crippen molar-refractivity contribution < 1.29 is 28.6 Å². The van der Waals surface area contributed by atoms with E-state index in [0.29, 0.717) is 19.3 Å². The number of ether oxygens (including phenoxy) is 3. The summed E-state index contributed by atoms with van der Waals surface area (Å²) in [7, 11) is 0. The van der Waals surface area contributed by atoms with Gasteiger partial charge in [-0.15, -0.1) is 0 Å². The minimum atomic E-state index is -0.799. The van der Waals surface area contributed by atoms with Crippen molar-refractivity contribution in [3.63, 3.8) is 0 Å². The van der Waals surface area contributed by atoms with Crippen molar-refractivity contribution in [3.05, 3.63) is 97.2 Å². The van der Waals surface area contributed by atoms with Gasteiger partial charge in [-0.2, -0.15) is 0 Å². The standard InChI is InChI=1S/C62H104O6/c1-4-7-10-13-16-19-22-25-27-29-31-33-34-37-40-43-46-49-52-55-61(64)67-58-59(57-66-60(63)54-51-48-45-42-39-36-24-21-18-15-12-9-6-3)68-62(65)56-53-50-47-44-41-38-35-32-30-28-26-23-20-17-14-11-8-5-2/h7,10,16-17,19-20,23,25-28,30,32,35-36,39,59H,4-6,8-9,11-15,18,21-22,24,29,31,33-34,37-38,40-58H2,1-3H3/b10-7-,19-16-,20-17-,26-23-,27-25-,30-28-,35-32-,39-36-. The van der Waals surface area contributed by atoms with Crippen LogP contribution in [-0.4, -0.2) is 37.2 Å². The normalized spacial score (nSPS) is 12.8. The number of unbranched alkanes of at least 4 members (excludes halogenated alkanes) is 26. The van der Waals surface area contributed by atoms with E-state index in [2.05, 4.69) is 118 Å². The Labute approximate surface area is 419 Å². The molecule has 0 saturated carbocycles. The van der Waals surface area contributed by atoms with Crippen molar-refractivity contribution in [1.29, 1.82) is 0 Å². The first kappa shape index (κ1) is 64.3. The average Bonchev–Trinajstić information content (AvgIpc) is 3.34. The predicted octanol–water partition coefficient (Wildman–Crippen LogP) is 18.9. The average molecular weight is 946 g/mol. The number of hydrogen-bond donors (Lipinski definition) is 0.